The Morgan fingerprint density at radius 3 is 2.21 bits per heavy atom. The van der Waals surface area contributed by atoms with Gasteiger partial charge in [-0.1, -0.05) is 41.5 Å². The first-order valence-corrected chi connectivity index (χ1v) is 6.84. The fourth-order valence-corrected chi connectivity index (χ4v) is 1.47. The monoisotopic (exact) mass is 262 g/mol. The maximum Gasteiger partial charge on any atom is 0.229 e. The molecule has 0 bridgehead atoms. The summed E-state index contributed by atoms with van der Waals surface area (Å²) >= 11 is 0. The number of nitrogens with zero attached hydrogens (tertiary/aromatic N) is 1. The first-order chi connectivity index (χ1) is 8.58. The third-order valence-corrected chi connectivity index (χ3v) is 2.89. The van der Waals surface area contributed by atoms with Gasteiger partial charge in [-0.25, -0.2) is 0 Å². The normalized spacial score (nSPS) is 12.3. The van der Waals surface area contributed by atoms with E-state index in [-0.39, 0.29) is 11.3 Å². The van der Waals surface area contributed by atoms with Crippen molar-refractivity contribution in [1.29, 1.82) is 0 Å². The number of aryl methyl sites for hydroxylation is 1. The van der Waals surface area contributed by atoms with Crippen LogP contribution in [0.2, 0.25) is 0 Å². The van der Waals surface area contributed by atoms with E-state index in [1.54, 1.807) is 6.20 Å². The van der Waals surface area contributed by atoms with Gasteiger partial charge in [-0.2, -0.15) is 0 Å². The van der Waals surface area contributed by atoms with Crippen molar-refractivity contribution >= 4 is 11.6 Å². The number of aromatic nitrogens is 1. The number of carbonyl (C=O) groups excluding carboxylic acids is 1. The Hall–Kier alpha value is -1.38. The van der Waals surface area contributed by atoms with Crippen LogP contribution in [-0.4, -0.2) is 10.9 Å². The second-order valence-electron chi connectivity index (χ2n) is 7.30. The average molecular weight is 262 g/mol. The molecule has 0 unspecified atom stereocenters. The largest absolute Gasteiger partial charge is 0.324 e. The highest BCUT2D eigenvalue weighted by molar-refractivity contribution is 5.94. The summed E-state index contributed by atoms with van der Waals surface area (Å²) in [5, 5.41) is 2.88. The molecule has 0 radical (unpaired) electrons. The maximum absolute atomic E-state index is 11.8. The molecule has 1 aromatic rings. The van der Waals surface area contributed by atoms with Crippen LogP contribution in [0.1, 0.15) is 53.7 Å². The second kappa shape index (κ2) is 5.72. The molecule has 0 spiro atoms. The maximum atomic E-state index is 11.8. The van der Waals surface area contributed by atoms with Crippen molar-refractivity contribution in [3.05, 3.63) is 24.0 Å². The zero-order valence-electron chi connectivity index (χ0n) is 13.0. The van der Waals surface area contributed by atoms with Crippen molar-refractivity contribution in [1.82, 2.24) is 4.98 Å². The van der Waals surface area contributed by atoms with Gasteiger partial charge >= 0.3 is 0 Å². The molecule has 0 saturated heterocycles. The molecule has 0 atom stereocenters. The lowest BCUT2D eigenvalue weighted by Gasteiger charge is -2.18. The minimum Gasteiger partial charge on any atom is -0.324 e. The highest BCUT2D eigenvalue weighted by Gasteiger charge is 2.21. The van der Waals surface area contributed by atoms with Crippen LogP contribution in [0.5, 0.6) is 0 Å². The predicted molar refractivity (Wildman–Crippen MR) is 80.1 cm³/mol. The van der Waals surface area contributed by atoms with Crippen molar-refractivity contribution < 1.29 is 4.79 Å². The second-order valence-corrected chi connectivity index (χ2v) is 7.30. The summed E-state index contributed by atoms with van der Waals surface area (Å²) in [5.74, 6) is 0.0109. The fraction of sp³-hybridized carbons (Fsp3) is 0.625. The molecule has 19 heavy (non-hydrogen) atoms. The number of pyridine rings is 1. The summed E-state index contributed by atoms with van der Waals surface area (Å²) in [5.41, 5.74) is 1.77. The van der Waals surface area contributed by atoms with E-state index in [0.717, 1.165) is 24.2 Å². The summed E-state index contributed by atoms with van der Waals surface area (Å²) in [6.45, 7) is 12.4. The van der Waals surface area contributed by atoms with Crippen molar-refractivity contribution in [2.45, 2.75) is 54.4 Å². The van der Waals surface area contributed by atoms with Crippen LogP contribution in [0.15, 0.2) is 18.3 Å². The first-order valence-electron chi connectivity index (χ1n) is 6.84. The lowest BCUT2D eigenvalue weighted by atomic mass is 9.90. The highest BCUT2D eigenvalue weighted by Crippen LogP contribution is 2.21. The van der Waals surface area contributed by atoms with Gasteiger partial charge in [0.15, 0.2) is 0 Å². The topological polar surface area (TPSA) is 42.0 Å². The smallest absolute Gasteiger partial charge is 0.229 e. The third kappa shape index (κ3) is 5.86. The minimum absolute atomic E-state index is 0.0109. The number of carbonyl (C=O) groups is 1. The van der Waals surface area contributed by atoms with E-state index in [1.165, 1.54) is 0 Å². The Labute approximate surface area is 116 Å². The van der Waals surface area contributed by atoms with Gasteiger partial charge in [-0.3, -0.25) is 9.78 Å². The molecule has 1 N–H and O–H groups in total. The summed E-state index contributed by atoms with van der Waals surface area (Å²) in [4.78, 5) is 16.2. The molecule has 3 nitrogen and oxygen atoms in total. The number of nitrogens with one attached hydrogen (secondary N) is 1. The molecule has 1 aromatic heterocycles. The van der Waals surface area contributed by atoms with Gasteiger partial charge in [-0.05, 0) is 30.4 Å². The van der Waals surface area contributed by atoms with Gasteiger partial charge in [0, 0.05) is 11.1 Å². The molecule has 0 aliphatic carbocycles. The van der Waals surface area contributed by atoms with Gasteiger partial charge in [-0.15, -0.1) is 0 Å². The minimum atomic E-state index is -0.384. The summed E-state index contributed by atoms with van der Waals surface area (Å²) in [7, 11) is 0. The molecule has 3 heteroatoms. The summed E-state index contributed by atoms with van der Waals surface area (Å²) in [6, 6.07) is 3.92. The van der Waals surface area contributed by atoms with Crippen LogP contribution in [0.4, 0.5) is 5.69 Å². The molecule has 0 aliphatic heterocycles. The quantitative estimate of drug-likeness (QED) is 0.893. The summed E-state index contributed by atoms with van der Waals surface area (Å²) in [6.07, 6.45) is 3.81. The number of anilines is 1. The SMILES string of the molecule is CC(C)(C)CCc1ccc(NC(=O)C(C)(C)C)cn1. The Balaban J connectivity index is 2.60. The standard InChI is InChI=1S/C16H26N2O/c1-15(2,3)10-9-12-7-8-13(11-17-12)18-14(19)16(4,5)6/h7-8,11H,9-10H2,1-6H3,(H,18,19). The molecule has 106 valence electrons. The van der Waals surface area contributed by atoms with Gasteiger partial charge in [0.25, 0.3) is 0 Å². The lowest BCUT2D eigenvalue weighted by molar-refractivity contribution is -0.123. The van der Waals surface area contributed by atoms with Gasteiger partial charge in [0.1, 0.15) is 0 Å². The molecular weight excluding hydrogens is 236 g/mol. The zero-order valence-corrected chi connectivity index (χ0v) is 13.0. The number of amides is 1. The zero-order chi connectivity index (χ0) is 14.7. The molecule has 0 saturated carbocycles. The van der Waals surface area contributed by atoms with Crippen LogP contribution < -0.4 is 5.32 Å². The Bertz CT molecular complexity index is 422. The average Bonchev–Trinajstić information content (AvgIpc) is 2.26. The van der Waals surface area contributed by atoms with Gasteiger partial charge in [0.2, 0.25) is 5.91 Å². The van der Waals surface area contributed by atoms with Gasteiger partial charge in [0.05, 0.1) is 11.9 Å². The first kappa shape index (κ1) is 15.7. The van der Waals surface area contributed by atoms with Crippen molar-refractivity contribution in [2.75, 3.05) is 5.32 Å². The molecule has 1 rings (SSSR count). The molecule has 0 aromatic carbocycles. The third-order valence-electron chi connectivity index (χ3n) is 2.89. The molecule has 1 amide bonds. The summed E-state index contributed by atoms with van der Waals surface area (Å²) < 4.78 is 0. The number of rotatable bonds is 3. The Kier molecular flexibility index (Phi) is 4.72. The molecule has 1 heterocycles. The van der Waals surface area contributed by atoms with E-state index in [1.807, 2.05) is 32.9 Å². The fourth-order valence-electron chi connectivity index (χ4n) is 1.47. The van der Waals surface area contributed by atoms with Gasteiger partial charge < -0.3 is 5.32 Å². The van der Waals surface area contributed by atoms with Crippen molar-refractivity contribution in [3.63, 3.8) is 0 Å². The number of hydrogen-bond acceptors (Lipinski definition) is 2. The Morgan fingerprint density at radius 2 is 1.79 bits per heavy atom. The van der Waals surface area contributed by atoms with E-state index < -0.39 is 0 Å². The lowest BCUT2D eigenvalue weighted by Crippen LogP contribution is -2.27. The van der Waals surface area contributed by atoms with Crippen LogP contribution in [0.3, 0.4) is 0 Å². The number of hydrogen-bond donors (Lipinski definition) is 1. The highest BCUT2D eigenvalue weighted by atomic mass is 16.2. The molecule has 0 aliphatic rings. The Morgan fingerprint density at radius 1 is 1.16 bits per heavy atom. The van der Waals surface area contributed by atoms with Crippen molar-refractivity contribution in [2.24, 2.45) is 10.8 Å². The van der Waals surface area contributed by atoms with Crippen LogP contribution in [0.25, 0.3) is 0 Å². The molecular formula is C16H26N2O. The van der Waals surface area contributed by atoms with E-state index in [2.05, 4.69) is 31.1 Å². The van der Waals surface area contributed by atoms with Crippen LogP contribution >= 0.6 is 0 Å². The molecule has 0 fully saturated rings. The van der Waals surface area contributed by atoms with Crippen molar-refractivity contribution in [3.8, 4) is 0 Å². The van der Waals surface area contributed by atoms with E-state index >= 15 is 0 Å². The van der Waals surface area contributed by atoms with E-state index in [0.29, 0.717) is 5.41 Å². The predicted octanol–water partition coefficient (Wildman–Crippen LogP) is 4.04. The van der Waals surface area contributed by atoms with Crippen LogP contribution in [-0.2, 0) is 11.2 Å². The van der Waals surface area contributed by atoms with E-state index in [9.17, 15) is 4.79 Å². The van der Waals surface area contributed by atoms with E-state index in [4.69, 9.17) is 0 Å². The van der Waals surface area contributed by atoms with Crippen LogP contribution in [0, 0.1) is 10.8 Å².